The lowest BCUT2D eigenvalue weighted by atomic mass is 9.95. The third-order valence-electron chi connectivity index (χ3n) is 3.24. The third-order valence-corrected chi connectivity index (χ3v) is 3.24. The van der Waals surface area contributed by atoms with E-state index < -0.39 is 11.5 Å². The van der Waals surface area contributed by atoms with Crippen LogP contribution in [0.1, 0.15) is 38.0 Å². The van der Waals surface area contributed by atoms with Gasteiger partial charge in [-0.1, -0.05) is 26.8 Å². The molecule has 1 heterocycles. The maximum absolute atomic E-state index is 11.7. The lowest BCUT2D eigenvalue weighted by molar-refractivity contribution is -0.128. The second-order valence-electron chi connectivity index (χ2n) is 5.94. The van der Waals surface area contributed by atoms with Gasteiger partial charge in [-0.2, -0.15) is 0 Å². The van der Waals surface area contributed by atoms with Crippen LogP contribution in [0.2, 0.25) is 0 Å². The number of carbonyl (C=O) groups is 1. The predicted molar refractivity (Wildman–Crippen MR) is 73.1 cm³/mol. The highest BCUT2D eigenvalue weighted by molar-refractivity contribution is 5.81. The fourth-order valence-electron chi connectivity index (χ4n) is 1.99. The highest BCUT2D eigenvalue weighted by Crippen LogP contribution is 2.28. The Balaban J connectivity index is 1.97. The van der Waals surface area contributed by atoms with Crippen molar-refractivity contribution in [3.05, 3.63) is 29.3 Å². The Morgan fingerprint density at radius 3 is 2.89 bits per heavy atom. The van der Waals surface area contributed by atoms with Crippen molar-refractivity contribution in [1.29, 1.82) is 0 Å². The van der Waals surface area contributed by atoms with Crippen LogP contribution in [-0.4, -0.2) is 24.2 Å². The zero-order valence-electron chi connectivity index (χ0n) is 11.7. The zero-order valence-corrected chi connectivity index (χ0v) is 11.7. The van der Waals surface area contributed by atoms with Gasteiger partial charge in [0.15, 0.2) is 0 Å². The summed E-state index contributed by atoms with van der Waals surface area (Å²) in [5.41, 5.74) is 1.50. The van der Waals surface area contributed by atoms with Crippen LogP contribution >= 0.6 is 0 Å². The molecule has 0 radical (unpaired) electrons. The van der Waals surface area contributed by atoms with E-state index in [1.54, 1.807) is 0 Å². The molecule has 0 bridgehead atoms. The van der Waals surface area contributed by atoms with Crippen LogP contribution in [0.15, 0.2) is 18.2 Å². The zero-order chi connectivity index (χ0) is 14.0. The smallest absolute Gasteiger partial charge is 0.225 e. The summed E-state index contributed by atoms with van der Waals surface area (Å²) < 4.78 is 5.42. The standard InChI is InChI=1S/C15H21NO3/c1-15(2,3)14(18)16-9-12(17)10-4-5-13-11(8-10)6-7-19-13/h4-5,8,12,17H,6-7,9H2,1-3H3,(H,16,18). The summed E-state index contributed by atoms with van der Waals surface area (Å²) in [6.07, 6.45) is 0.196. The van der Waals surface area contributed by atoms with Gasteiger partial charge in [0.05, 0.1) is 12.7 Å². The molecule has 0 saturated carbocycles. The highest BCUT2D eigenvalue weighted by atomic mass is 16.5. The molecule has 0 saturated heterocycles. The van der Waals surface area contributed by atoms with Crippen LogP contribution in [0.4, 0.5) is 0 Å². The number of aliphatic hydroxyl groups excluding tert-OH is 1. The molecule has 2 N–H and O–H groups in total. The van der Waals surface area contributed by atoms with Crippen LogP contribution in [0.3, 0.4) is 0 Å². The molecule has 1 aliphatic rings. The molecular weight excluding hydrogens is 242 g/mol. The van der Waals surface area contributed by atoms with Gasteiger partial charge in [-0.15, -0.1) is 0 Å². The van der Waals surface area contributed by atoms with Crippen molar-refractivity contribution in [2.75, 3.05) is 13.2 Å². The van der Waals surface area contributed by atoms with Crippen LogP contribution in [-0.2, 0) is 11.2 Å². The molecule has 0 spiro atoms. The summed E-state index contributed by atoms with van der Waals surface area (Å²) in [7, 11) is 0. The van der Waals surface area contributed by atoms with Crippen molar-refractivity contribution < 1.29 is 14.6 Å². The molecular formula is C15H21NO3. The number of ether oxygens (including phenoxy) is 1. The summed E-state index contributed by atoms with van der Waals surface area (Å²) in [5, 5.41) is 12.9. The summed E-state index contributed by atoms with van der Waals surface area (Å²) in [4.78, 5) is 11.7. The van der Waals surface area contributed by atoms with Crippen LogP contribution in [0.25, 0.3) is 0 Å². The molecule has 1 aliphatic heterocycles. The molecule has 4 heteroatoms. The molecule has 4 nitrogen and oxygen atoms in total. The average molecular weight is 263 g/mol. The van der Waals surface area contributed by atoms with E-state index in [0.717, 1.165) is 23.3 Å². The van der Waals surface area contributed by atoms with Gasteiger partial charge in [-0.25, -0.2) is 0 Å². The summed E-state index contributed by atoms with van der Waals surface area (Å²) in [6.45, 7) is 6.48. The summed E-state index contributed by atoms with van der Waals surface area (Å²) >= 11 is 0. The van der Waals surface area contributed by atoms with Crippen molar-refractivity contribution in [2.45, 2.75) is 33.3 Å². The molecule has 0 fully saturated rings. The van der Waals surface area contributed by atoms with E-state index in [9.17, 15) is 9.90 Å². The first kappa shape index (κ1) is 13.9. The van der Waals surface area contributed by atoms with Crippen molar-refractivity contribution in [2.24, 2.45) is 5.41 Å². The fraction of sp³-hybridized carbons (Fsp3) is 0.533. The SMILES string of the molecule is CC(C)(C)C(=O)NCC(O)c1ccc2c(c1)CCO2. The average Bonchev–Trinajstić information content (AvgIpc) is 2.81. The van der Waals surface area contributed by atoms with Gasteiger partial charge in [0.2, 0.25) is 5.91 Å². The van der Waals surface area contributed by atoms with Gasteiger partial charge < -0.3 is 15.2 Å². The van der Waals surface area contributed by atoms with Crippen molar-refractivity contribution in [1.82, 2.24) is 5.32 Å². The quantitative estimate of drug-likeness (QED) is 0.874. The molecule has 104 valence electrons. The minimum Gasteiger partial charge on any atom is -0.493 e. The first-order valence-electron chi connectivity index (χ1n) is 6.60. The number of rotatable bonds is 3. The fourth-order valence-corrected chi connectivity index (χ4v) is 1.99. The van der Waals surface area contributed by atoms with E-state index in [-0.39, 0.29) is 12.5 Å². The number of carbonyl (C=O) groups excluding carboxylic acids is 1. The summed E-state index contributed by atoms with van der Waals surface area (Å²) in [5.74, 6) is 0.839. The first-order chi connectivity index (χ1) is 8.88. The van der Waals surface area contributed by atoms with Crippen LogP contribution in [0.5, 0.6) is 5.75 Å². The second-order valence-corrected chi connectivity index (χ2v) is 5.94. The number of amides is 1. The molecule has 0 aliphatic carbocycles. The Kier molecular flexibility index (Phi) is 3.80. The largest absolute Gasteiger partial charge is 0.493 e. The van der Waals surface area contributed by atoms with E-state index in [4.69, 9.17) is 4.74 Å². The molecule has 19 heavy (non-hydrogen) atoms. The lowest BCUT2D eigenvalue weighted by Gasteiger charge is -2.20. The molecule has 1 atom stereocenters. The van der Waals surface area contributed by atoms with Gasteiger partial charge >= 0.3 is 0 Å². The van der Waals surface area contributed by atoms with Crippen molar-refractivity contribution in [3.8, 4) is 5.75 Å². The molecule has 1 unspecified atom stereocenters. The monoisotopic (exact) mass is 263 g/mol. The van der Waals surface area contributed by atoms with Gasteiger partial charge in [-0.05, 0) is 23.3 Å². The predicted octanol–water partition coefficient (Wildman–Crippen LogP) is 1.82. The van der Waals surface area contributed by atoms with Gasteiger partial charge in [0.25, 0.3) is 0 Å². The van der Waals surface area contributed by atoms with E-state index in [1.807, 2.05) is 39.0 Å². The number of benzene rings is 1. The van der Waals surface area contributed by atoms with E-state index in [0.29, 0.717) is 6.61 Å². The van der Waals surface area contributed by atoms with Gasteiger partial charge in [-0.3, -0.25) is 4.79 Å². The lowest BCUT2D eigenvalue weighted by Crippen LogP contribution is -2.37. The first-order valence-corrected chi connectivity index (χ1v) is 6.60. The van der Waals surface area contributed by atoms with Crippen molar-refractivity contribution in [3.63, 3.8) is 0 Å². The van der Waals surface area contributed by atoms with Gasteiger partial charge in [0, 0.05) is 18.4 Å². The normalized spacial score (nSPS) is 15.6. The molecule has 1 amide bonds. The number of fused-ring (bicyclic) bond motifs is 1. The van der Waals surface area contributed by atoms with Gasteiger partial charge in [0.1, 0.15) is 5.75 Å². The maximum Gasteiger partial charge on any atom is 0.225 e. The molecule has 1 aromatic carbocycles. The van der Waals surface area contributed by atoms with Crippen molar-refractivity contribution >= 4 is 5.91 Å². The topological polar surface area (TPSA) is 58.6 Å². The highest BCUT2D eigenvalue weighted by Gasteiger charge is 2.22. The second kappa shape index (κ2) is 5.21. The Hall–Kier alpha value is -1.55. The number of hydrogen-bond donors (Lipinski definition) is 2. The Bertz CT molecular complexity index is 477. The minimum atomic E-state index is -0.683. The number of aliphatic hydroxyl groups is 1. The van der Waals surface area contributed by atoms with Crippen LogP contribution in [0, 0.1) is 5.41 Å². The molecule has 2 rings (SSSR count). The third kappa shape index (κ3) is 3.26. The molecule has 1 aromatic rings. The van der Waals surface area contributed by atoms with E-state index in [1.165, 1.54) is 0 Å². The van der Waals surface area contributed by atoms with E-state index in [2.05, 4.69) is 5.32 Å². The molecule has 0 aromatic heterocycles. The maximum atomic E-state index is 11.7. The Morgan fingerprint density at radius 2 is 2.21 bits per heavy atom. The number of hydrogen-bond acceptors (Lipinski definition) is 3. The Labute approximate surface area is 113 Å². The minimum absolute atomic E-state index is 0.0592. The Morgan fingerprint density at radius 1 is 1.47 bits per heavy atom. The van der Waals surface area contributed by atoms with Crippen LogP contribution < -0.4 is 10.1 Å². The van der Waals surface area contributed by atoms with E-state index >= 15 is 0 Å². The summed E-state index contributed by atoms with van der Waals surface area (Å²) in [6, 6.07) is 5.68. The number of nitrogens with one attached hydrogen (secondary N) is 1.